The lowest BCUT2D eigenvalue weighted by Gasteiger charge is -2.17. The van der Waals surface area contributed by atoms with Crippen LogP contribution in [0.5, 0.6) is 5.75 Å². The van der Waals surface area contributed by atoms with Gasteiger partial charge in [0.05, 0.1) is 11.6 Å². The molecule has 0 amide bonds. The maximum absolute atomic E-state index is 13.4. The van der Waals surface area contributed by atoms with E-state index in [0.29, 0.717) is 12.3 Å². The number of para-hydroxylation sites is 1. The van der Waals surface area contributed by atoms with E-state index in [0.717, 1.165) is 18.5 Å². The molecule has 0 bridgehead atoms. The van der Waals surface area contributed by atoms with Gasteiger partial charge in [-0.3, -0.25) is 0 Å². The van der Waals surface area contributed by atoms with E-state index >= 15 is 0 Å². The highest BCUT2D eigenvalue weighted by molar-refractivity contribution is 6.30. The summed E-state index contributed by atoms with van der Waals surface area (Å²) in [4.78, 5) is 0. The van der Waals surface area contributed by atoms with Crippen LogP contribution in [-0.4, -0.2) is 12.6 Å². The van der Waals surface area contributed by atoms with Gasteiger partial charge in [0.15, 0.2) is 0 Å². The molecule has 0 spiro atoms. The Morgan fingerprint density at radius 2 is 2.05 bits per heavy atom. The third-order valence-corrected chi connectivity index (χ3v) is 3.77. The Morgan fingerprint density at radius 1 is 1.20 bits per heavy atom. The molecule has 1 heterocycles. The smallest absolute Gasteiger partial charge is 0.145 e. The van der Waals surface area contributed by atoms with Crippen LogP contribution in [0.25, 0.3) is 0 Å². The molecule has 2 nitrogen and oxygen atoms in total. The number of anilines is 1. The molecule has 0 radical (unpaired) electrons. The second-order valence-electron chi connectivity index (χ2n) is 4.89. The van der Waals surface area contributed by atoms with E-state index in [2.05, 4.69) is 17.4 Å². The first-order chi connectivity index (χ1) is 9.72. The topological polar surface area (TPSA) is 21.3 Å². The van der Waals surface area contributed by atoms with Crippen molar-refractivity contribution in [2.24, 2.45) is 0 Å². The number of ether oxygens (including phenoxy) is 1. The van der Waals surface area contributed by atoms with Gasteiger partial charge in [0.25, 0.3) is 0 Å². The Bertz CT molecular complexity index is 590. The van der Waals surface area contributed by atoms with Crippen molar-refractivity contribution in [3.8, 4) is 5.75 Å². The van der Waals surface area contributed by atoms with Gasteiger partial charge in [0.1, 0.15) is 17.7 Å². The van der Waals surface area contributed by atoms with Crippen molar-refractivity contribution < 1.29 is 9.13 Å². The summed E-state index contributed by atoms with van der Waals surface area (Å²) in [6.45, 7) is 0.710. The zero-order chi connectivity index (χ0) is 13.9. The minimum Gasteiger partial charge on any atom is -0.488 e. The van der Waals surface area contributed by atoms with Gasteiger partial charge in [-0.05, 0) is 36.6 Å². The summed E-state index contributed by atoms with van der Waals surface area (Å²) >= 11 is 5.67. The van der Waals surface area contributed by atoms with E-state index in [9.17, 15) is 4.39 Å². The molecular weight excluding hydrogens is 277 g/mol. The third kappa shape index (κ3) is 2.88. The lowest BCUT2D eigenvalue weighted by Crippen LogP contribution is -2.24. The first-order valence-electron chi connectivity index (χ1n) is 6.66. The zero-order valence-corrected chi connectivity index (χ0v) is 11.7. The molecule has 2 aromatic rings. The number of benzene rings is 2. The minimum atomic E-state index is -0.450. The standard InChI is InChI=1S/C16H15ClFNO/c17-14-8-7-12(9-15(14)18)20-13-6-5-11-3-1-2-4-16(11)19-10-13/h1-4,7-9,13,19H,5-6,10H2. The van der Waals surface area contributed by atoms with Gasteiger partial charge in [0, 0.05) is 11.8 Å². The molecule has 1 aliphatic heterocycles. The Balaban J connectivity index is 1.69. The Morgan fingerprint density at radius 3 is 2.90 bits per heavy atom. The van der Waals surface area contributed by atoms with E-state index in [1.54, 1.807) is 6.07 Å². The van der Waals surface area contributed by atoms with Crippen LogP contribution in [0, 0.1) is 5.82 Å². The molecule has 0 saturated heterocycles. The molecule has 0 fully saturated rings. The summed E-state index contributed by atoms with van der Waals surface area (Å²) in [7, 11) is 0. The predicted octanol–water partition coefficient (Wildman–Crippen LogP) is 4.28. The van der Waals surface area contributed by atoms with Crippen LogP contribution < -0.4 is 10.1 Å². The molecule has 104 valence electrons. The predicted molar refractivity (Wildman–Crippen MR) is 79.1 cm³/mol. The number of aryl methyl sites for hydroxylation is 1. The van der Waals surface area contributed by atoms with Gasteiger partial charge in [0.2, 0.25) is 0 Å². The number of nitrogens with one attached hydrogen (secondary N) is 1. The van der Waals surface area contributed by atoms with E-state index in [4.69, 9.17) is 16.3 Å². The number of hydrogen-bond acceptors (Lipinski definition) is 2. The lowest BCUT2D eigenvalue weighted by molar-refractivity contribution is 0.205. The van der Waals surface area contributed by atoms with Gasteiger partial charge in [-0.2, -0.15) is 0 Å². The summed E-state index contributed by atoms with van der Waals surface area (Å²) in [5, 5.41) is 3.49. The van der Waals surface area contributed by atoms with Crippen LogP contribution in [0.3, 0.4) is 0 Å². The SMILES string of the molecule is Fc1cc(OC2CCc3ccccc3NC2)ccc1Cl. The second-order valence-corrected chi connectivity index (χ2v) is 5.30. The average molecular weight is 292 g/mol. The van der Waals surface area contributed by atoms with Crippen molar-refractivity contribution in [3.05, 3.63) is 58.9 Å². The summed E-state index contributed by atoms with van der Waals surface area (Å²) < 4.78 is 19.2. The normalized spacial score (nSPS) is 17.8. The summed E-state index contributed by atoms with van der Waals surface area (Å²) in [5.74, 6) is 0.0682. The quantitative estimate of drug-likeness (QED) is 0.891. The highest BCUT2D eigenvalue weighted by Crippen LogP contribution is 2.25. The Hall–Kier alpha value is -1.74. The fraction of sp³-hybridized carbons (Fsp3) is 0.250. The average Bonchev–Trinajstić information content (AvgIpc) is 2.66. The number of fused-ring (bicyclic) bond motifs is 1. The monoisotopic (exact) mass is 291 g/mol. The van der Waals surface area contributed by atoms with E-state index in [1.807, 2.05) is 12.1 Å². The third-order valence-electron chi connectivity index (χ3n) is 3.47. The number of rotatable bonds is 2. The molecule has 1 aliphatic rings. The maximum atomic E-state index is 13.4. The van der Waals surface area contributed by atoms with Crippen LogP contribution in [-0.2, 0) is 6.42 Å². The van der Waals surface area contributed by atoms with Crippen molar-refractivity contribution >= 4 is 17.3 Å². The molecule has 0 aliphatic carbocycles. The van der Waals surface area contributed by atoms with Crippen molar-refractivity contribution in [2.75, 3.05) is 11.9 Å². The first-order valence-corrected chi connectivity index (χ1v) is 7.03. The van der Waals surface area contributed by atoms with E-state index in [-0.39, 0.29) is 11.1 Å². The van der Waals surface area contributed by atoms with Crippen molar-refractivity contribution in [1.29, 1.82) is 0 Å². The highest BCUT2D eigenvalue weighted by Gasteiger charge is 2.17. The summed E-state index contributed by atoms with van der Waals surface area (Å²) in [6.07, 6.45) is 1.86. The molecule has 1 atom stereocenters. The molecule has 1 N–H and O–H groups in total. The van der Waals surface area contributed by atoms with Crippen LogP contribution >= 0.6 is 11.6 Å². The van der Waals surface area contributed by atoms with Gasteiger partial charge in [-0.15, -0.1) is 0 Å². The van der Waals surface area contributed by atoms with Crippen LogP contribution in [0.4, 0.5) is 10.1 Å². The Labute approximate surface area is 122 Å². The van der Waals surface area contributed by atoms with E-state index in [1.165, 1.54) is 17.7 Å². The molecule has 1 unspecified atom stereocenters. The van der Waals surface area contributed by atoms with Crippen LogP contribution in [0.2, 0.25) is 5.02 Å². The fourth-order valence-corrected chi connectivity index (χ4v) is 2.51. The molecule has 20 heavy (non-hydrogen) atoms. The molecule has 0 aromatic heterocycles. The summed E-state index contributed by atoms with van der Waals surface area (Å²) in [6, 6.07) is 12.8. The minimum absolute atomic E-state index is 0.0166. The van der Waals surface area contributed by atoms with Crippen LogP contribution in [0.15, 0.2) is 42.5 Å². The summed E-state index contributed by atoms with van der Waals surface area (Å²) in [5.41, 5.74) is 2.45. The lowest BCUT2D eigenvalue weighted by atomic mass is 10.1. The molecule has 2 aromatic carbocycles. The van der Waals surface area contributed by atoms with Gasteiger partial charge < -0.3 is 10.1 Å². The number of halogens is 2. The zero-order valence-electron chi connectivity index (χ0n) is 10.9. The maximum Gasteiger partial charge on any atom is 0.145 e. The molecule has 4 heteroatoms. The molecular formula is C16H15ClFNO. The van der Waals surface area contributed by atoms with Crippen molar-refractivity contribution in [2.45, 2.75) is 18.9 Å². The van der Waals surface area contributed by atoms with Gasteiger partial charge in [-0.1, -0.05) is 29.8 Å². The van der Waals surface area contributed by atoms with Crippen molar-refractivity contribution in [1.82, 2.24) is 0 Å². The second kappa shape index (κ2) is 5.71. The van der Waals surface area contributed by atoms with E-state index < -0.39 is 5.82 Å². The fourth-order valence-electron chi connectivity index (χ4n) is 2.40. The van der Waals surface area contributed by atoms with Gasteiger partial charge in [-0.25, -0.2) is 4.39 Å². The van der Waals surface area contributed by atoms with Gasteiger partial charge >= 0.3 is 0 Å². The Kier molecular flexibility index (Phi) is 3.79. The first kappa shape index (κ1) is 13.3. The highest BCUT2D eigenvalue weighted by atomic mass is 35.5. The van der Waals surface area contributed by atoms with Crippen LogP contribution in [0.1, 0.15) is 12.0 Å². The molecule has 0 saturated carbocycles. The largest absolute Gasteiger partial charge is 0.488 e. The number of hydrogen-bond donors (Lipinski definition) is 1. The molecule has 3 rings (SSSR count). The van der Waals surface area contributed by atoms with Crippen molar-refractivity contribution in [3.63, 3.8) is 0 Å².